The molecule has 20 heavy (non-hydrogen) atoms. The summed E-state index contributed by atoms with van der Waals surface area (Å²) in [6.07, 6.45) is 2.61. The summed E-state index contributed by atoms with van der Waals surface area (Å²) in [6.45, 7) is 2.74. The molecule has 0 spiro atoms. The van der Waals surface area contributed by atoms with Gasteiger partial charge < -0.3 is 10.4 Å². The van der Waals surface area contributed by atoms with Gasteiger partial charge in [0.1, 0.15) is 5.54 Å². The number of carbonyl (C=O) groups excluding carboxylic acids is 1. The maximum absolute atomic E-state index is 11.5. The molecular weight excluding hydrogens is 264 g/mol. The molecule has 0 aliphatic heterocycles. The first-order valence-electron chi connectivity index (χ1n) is 5.70. The van der Waals surface area contributed by atoms with Crippen LogP contribution in [0.2, 0.25) is 0 Å². The van der Waals surface area contributed by atoms with Gasteiger partial charge >= 0.3 is 5.97 Å². The fourth-order valence-corrected chi connectivity index (χ4v) is 1.28. The van der Waals surface area contributed by atoms with Crippen LogP contribution in [-0.2, 0) is 9.59 Å². The van der Waals surface area contributed by atoms with Gasteiger partial charge in [-0.05, 0) is 37.6 Å². The zero-order valence-corrected chi connectivity index (χ0v) is 11.0. The highest BCUT2D eigenvalue weighted by Crippen LogP contribution is 2.12. The van der Waals surface area contributed by atoms with Crippen molar-refractivity contribution < 1.29 is 19.6 Å². The number of aliphatic carboxylic acids is 1. The van der Waals surface area contributed by atoms with Gasteiger partial charge in [-0.15, -0.1) is 0 Å². The minimum absolute atomic E-state index is 0.0430. The molecule has 0 saturated heterocycles. The molecular formula is C13H14N2O5. The van der Waals surface area contributed by atoms with E-state index < -0.39 is 22.3 Å². The highest BCUT2D eigenvalue weighted by molar-refractivity contribution is 5.95. The highest BCUT2D eigenvalue weighted by atomic mass is 16.6. The number of nitro benzene ring substituents is 1. The Morgan fingerprint density at radius 1 is 1.30 bits per heavy atom. The molecule has 106 valence electrons. The third kappa shape index (κ3) is 4.20. The molecule has 0 saturated carbocycles. The monoisotopic (exact) mass is 278 g/mol. The fraction of sp³-hybridized carbons (Fsp3) is 0.231. The lowest BCUT2D eigenvalue weighted by Crippen LogP contribution is -2.49. The summed E-state index contributed by atoms with van der Waals surface area (Å²) in [5, 5.41) is 21.6. The van der Waals surface area contributed by atoms with Crippen molar-refractivity contribution >= 4 is 23.6 Å². The van der Waals surface area contributed by atoms with E-state index in [0.717, 1.165) is 0 Å². The number of benzene rings is 1. The molecule has 0 aliphatic rings. The molecule has 0 bridgehead atoms. The maximum Gasteiger partial charge on any atom is 0.328 e. The molecule has 1 aromatic rings. The molecule has 0 aliphatic carbocycles. The molecule has 1 amide bonds. The molecule has 0 fully saturated rings. The quantitative estimate of drug-likeness (QED) is 0.483. The molecule has 1 aromatic carbocycles. The van der Waals surface area contributed by atoms with Crippen LogP contribution in [0.25, 0.3) is 6.08 Å². The number of rotatable bonds is 5. The number of carboxylic acid groups (broad SMARTS) is 1. The SMILES string of the molecule is CC(C)(NC(=O)C=Cc1ccc([N+](=O)[O-])cc1)C(=O)O. The van der Waals surface area contributed by atoms with E-state index in [1.54, 1.807) is 0 Å². The lowest BCUT2D eigenvalue weighted by molar-refractivity contribution is -0.384. The van der Waals surface area contributed by atoms with Gasteiger partial charge in [0.05, 0.1) is 4.92 Å². The number of non-ortho nitro benzene ring substituents is 1. The first kappa shape index (κ1) is 15.4. The first-order chi connectivity index (χ1) is 9.22. The average molecular weight is 278 g/mol. The molecule has 0 radical (unpaired) electrons. The number of nitrogens with one attached hydrogen (secondary N) is 1. The van der Waals surface area contributed by atoms with Gasteiger partial charge in [0.15, 0.2) is 0 Å². The lowest BCUT2D eigenvalue weighted by atomic mass is 10.1. The van der Waals surface area contributed by atoms with Gasteiger partial charge in [-0.25, -0.2) is 4.79 Å². The predicted octanol–water partition coefficient (Wildman–Crippen LogP) is 1.59. The first-order valence-corrected chi connectivity index (χ1v) is 5.70. The largest absolute Gasteiger partial charge is 0.480 e. The van der Waals surface area contributed by atoms with Crippen molar-refractivity contribution in [3.63, 3.8) is 0 Å². The fourth-order valence-electron chi connectivity index (χ4n) is 1.28. The maximum atomic E-state index is 11.5. The molecule has 0 aromatic heterocycles. The number of nitro groups is 1. The Hall–Kier alpha value is -2.70. The molecule has 0 unspecified atom stereocenters. The van der Waals surface area contributed by atoms with Crippen molar-refractivity contribution in [3.05, 3.63) is 46.0 Å². The van der Waals surface area contributed by atoms with Gasteiger partial charge in [-0.1, -0.05) is 0 Å². The molecule has 0 heterocycles. The second-order valence-corrected chi connectivity index (χ2v) is 4.60. The second-order valence-electron chi connectivity index (χ2n) is 4.60. The Labute approximate surface area is 115 Å². The number of nitrogens with zero attached hydrogens (tertiary/aromatic N) is 1. The number of hydrogen-bond donors (Lipinski definition) is 2. The van der Waals surface area contributed by atoms with E-state index in [0.29, 0.717) is 5.56 Å². The zero-order valence-electron chi connectivity index (χ0n) is 11.0. The second kappa shape index (κ2) is 5.96. The zero-order chi connectivity index (χ0) is 15.3. The van der Waals surface area contributed by atoms with Crippen LogP contribution in [0.15, 0.2) is 30.3 Å². The summed E-state index contributed by atoms with van der Waals surface area (Å²) < 4.78 is 0. The summed E-state index contributed by atoms with van der Waals surface area (Å²) in [5.74, 6) is -1.70. The van der Waals surface area contributed by atoms with Gasteiger partial charge in [-0.3, -0.25) is 14.9 Å². The third-order valence-corrected chi connectivity index (χ3v) is 2.50. The minimum atomic E-state index is -1.36. The summed E-state index contributed by atoms with van der Waals surface area (Å²) >= 11 is 0. The van der Waals surface area contributed by atoms with E-state index in [9.17, 15) is 19.7 Å². The van der Waals surface area contributed by atoms with Crippen molar-refractivity contribution in [2.75, 3.05) is 0 Å². The smallest absolute Gasteiger partial charge is 0.328 e. The topological polar surface area (TPSA) is 110 Å². The van der Waals surface area contributed by atoms with Crippen LogP contribution in [0, 0.1) is 10.1 Å². The number of carboxylic acids is 1. The van der Waals surface area contributed by atoms with E-state index in [4.69, 9.17) is 5.11 Å². The average Bonchev–Trinajstić information content (AvgIpc) is 2.36. The van der Waals surface area contributed by atoms with Crippen LogP contribution in [0.3, 0.4) is 0 Å². The summed E-state index contributed by atoms with van der Waals surface area (Å²) in [6, 6.07) is 5.62. The Morgan fingerprint density at radius 2 is 1.85 bits per heavy atom. The highest BCUT2D eigenvalue weighted by Gasteiger charge is 2.27. The Balaban J connectivity index is 2.70. The van der Waals surface area contributed by atoms with E-state index in [-0.39, 0.29) is 5.69 Å². The van der Waals surface area contributed by atoms with Gasteiger partial charge in [0, 0.05) is 18.2 Å². The molecule has 7 heteroatoms. The van der Waals surface area contributed by atoms with E-state index in [1.165, 1.54) is 50.3 Å². The molecule has 7 nitrogen and oxygen atoms in total. The number of amides is 1. The van der Waals surface area contributed by atoms with Crippen molar-refractivity contribution in [2.45, 2.75) is 19.4 Å². The van der Waals surface area contributed by atoms with Crippen LogP contribution in [0.1, 0.15) is 19.4 Å². The van der Waals surface area contributed by atoms with Crippen LogP contribution < -0.4 is 5.32 Å². The molecule has 1 rings (SSSR count). The Morgan fingerprint density at radius 3 is 2.30 bits per heavy atom. The van der Waals surface area contributed by atoms with Crippen LogP contribution in [0.4, 0.5) is 5.69 Å². The van der Waals surface area contributed by atoms with Crippen molar-refractivity contribution in [1.29, 1.82) is 0 Å². The van der Waals surface area contributed by atoms with E-state index in [2.05, 4.69) is 5.32 Å². The Kier molecular flexibility index (Phi) is 4.58. The minimum Gasteiger partial charge on any atom is -0.480 e. The number of carbonyl (C=O) groups is 2. The van der Waals surface area contributed by atoms with Crippen molar-refractivity contribution in [3.8, 4) is 0 Å². The van der Waals surface area contributed by atoms with Gasteiger partial charge in [-0.2, -0.15) is 0 Å². The lowest BCUT2D eigenvalue weighted by Gasteiger charge is -2.19. The van der Waals surface area contributed by atoms with Crippen LogP contribution in [0.5, 0.6) is 0 Å². The van der Waals surface area contributed by atoms with Crippen molar-refractivity contribution in [1.82, 2.24) is 5.32 Å². The predicted molar refractivity (Wildman–Crippen MR) is 72.0 cm³/mol. The molecule has 0 atom stereocenters. The molecule has 2 N–H and O–H groups in total. The van der Waals surface area contributed by atoms with E-state index >= 15 is 0 Å². The number of hydrogen-bond acceptors (Lipinski definition) is 4. The standard InChI is InChI=1S/C13H14N2O5/c1-13(2,12(17)18)14-11(16)8-5-9-3-6-10(7-4-9)15(19)20/h3-8H,1-2H3,(H,14,16)(H,17,18). The summed E-state index contributed by atoms with van der Waals surface area (Å²) in [7, 11) is 0. The van der Waals surface area contributed by atoms with E-state index in [1.807, 2.05) is 0 Å². The third-order valence-electron chi connectivity index (χ3n) is 2.50. The van der Waals surface area contributed by atoms with Gasteiger partial charge in [0.2, 0.25) is 5.91 Å². The normalized spacial score (nSPS) is 11.3. The summed E-state index contributed by atoms with van der Waals surface area (Å²) in [4.78, 5) is 32.3. The Bertz CT molecular complexity index is 561. The van der Waals surface area contributed by atoms with Crippen LogP contribution in [-0.4, -0.2) is 27.4 Å². The summed E-state index contributed by atoms with van der Waals surface area (Å²) in [5.41, 5.74) is -0.811. The van der Waals surface area contributed by atoms with Crippen LogP contribution >= 0.6 is 0 Å². The van der Waals surface area contributed by atoms with Gasteiger partial charge in [0.25, 0.3) is 5.69 Å². The van der Waals surface area contributed by atoms with Crippen molar-refractivity contribution in [2.24, 2.45) is 0 Å².